The fourth-order valence-electron chi connectivity index (χ4n) is 3.85. The molecule has 3 rings (SSSR count). The molecule has 2 N–H and O–H groups in total. The first kappa shape index (κ1) is 23.9. The van der Waals surface area contributed by atoms with Gasteiger partial charge in [0.2, 0.25) is 0 Å². The summed E-state index contributed by atoms with van der Waals surface area (Å²) in [6.45, 7) is 9.52. The minimum absolute atomic E-state index is 0.155. The van der Waals surface area contributed by atoms with Gasteiger partial charge in [-0.25, -0.2) is 4.99 Å². The summed E-state index contributed by atoms with van der Waals surface area (Å²) in [4.78, 5) is 9.44. The van der Waals surface area contributed by atoms with Gasteiger partial charge in [-0.15, -0.1) is 0 Å². The summed E-state index contributed by atoms with van der Waals surface area (Å²) >= 11 is 0. The van der Waals surface area contributed by atoms with E-state index in [1.165, 1.54) is 24.1 Å². The largest absolute Gasteiger partial charge is 0.492 e. The predicted molar refractivity (Wildman–Crippen MR) is 135 cm³/mol. The quantitative estimate of drug-likeness (QED) is 0.434. The van der Waals surface area contributed by atoms with Gasteiger partial charge in [0.05, 0.1) is 12.6 Å². The molecular formula is C26H39N5O. The number of rotatable bonds is 10. The Morgan fingerprint density at radius 1 is 1.12 bits per heavy atom. The van der Waals surface area contributed by atoms with Gasteiger partial charge in [-0.1, -0.05) is 30.3 Å². The molecule has 1 fully saturated rings. The third-order valence-electron chi connectivity index (χ3n) is 5.72. The summed E-state index contributed by atoms with van der Waals surface area (Å²) in [5.74, 6) is 1.72. The van der Waals surface area contributed by atoms with Crippen LogP contribution in [0.3, 0.4) is 0 Å². The highest BCUT2D eigenvalue weighted by Crippen LogP contribution is 2.24. The molecule has 0 amide bonds. The predicted octanol–water partition coefficient (Wildman–Crippen LogP) is 4.04. The first-order valence-electron chi connectivity index (χ1n) is 11.8. The van der Waals surface area contributed by atoms with E-state index in [4.69, 9.17) is 9.73 Å². The van der Waals surface area contributed by atoms with Gasteiger partial charge in [-0.05, 0) is 64.5 Å². The van der Waals surface area contributed by atoms with Gasteiger partial charge < -0.3 is 25.2 Å². The van der Waals surface area contributed by atoms with E-state index in [9.17, 15) is 0 Å². The van der Waals surface area contributed by atoms with Crippen LogP contribution in [0.4, 0.5) is 5.69 Å². The van der Waals surface area contributed by atoms with Crippen LogP contribution in [-0.2, 0) is 6.54 Å². The molecular weight excluding hydrogens is 398 g/mol. The maximum atomic E-state index is 6.00. The van der Waals surface area contributed by atoms with E-state index in [1.54, 1.807) is 0 Å². The number of anilines is 1. The Bertz CT molecular complexity index is 861. The lowest BCUT2D eigenvalue weighted by Gasteiger charge is -2.22. The lowest BCUT2D eigenvalue weighted by Crippen LogP contribution is -2.38. The second-order valence-electron chi connectivity index (χ2n) is 8.61. The maximum Gasteiger partial charge on any atom is 0.192 e. The molecule has 0 radical (unpaired) electrons. The maximum absolute atomic E-state index is 6.00. The van der Waals surface area contributed by atoms with Crippen molar-refractivity contribution in [3.63, 3.8) is 0 Å². The van der Waals surface area contributed by atoms with Crippen LogP contribution < -0.4 is 20.3 Å². The Hall–Kier alpha value is -2.73. The number of hydrogen-bond acceptors (Lipinski definition) is 4. The van der Waals surface area contributed by atoms with E-state index in [1.807, 2.05) is 18.2 Å². The first-order valence-corrected chi connectivity index (χ1v) is 11.8. The van der Waals surface area contributed by atoms with Crippen LogP contribution in [0.5, 0.6) is 5.75 Å². The average Bonchev–Trinajstić information content (AvgIpc) is 3.33. The van der Waals surface area contributed by atoms with Crippen LogP contribution in [0.2, 0.25) is 0 Å². The van der Waals surface area contributed by atoms with Crippen LogP contribution >= 0.6 is 0 Å². The standard InChI is InChI=1S/C26H39N5O/c1-5-27-26(28-20-23-11-6-7-14-25(23)32-18-17-30(3)4)29-21(2)22-12-10-13-24(19-22)31-15-8-9-16-31/h6-7,10-14,19,21H,5,8-9,15-18,20H2,1-4H3,(H2,27,28,29). The summed E-state index contributed by atoms with van der Waals surface area (Å²) in [5.41, 5.74) is 3.68. The lowest BCUT2D eigenvalue weighted by molar-refractivity contribution is 0.259. The lowest BCUT2D eigenvalue weighted by atomic mass is 10.1. The van der Waals surface area contributed by atoms with Gasteiger partial charge in [-0.2, -0.15) is 0 Å². The van der Waals surface area contributed by atoms with Crippen molar-refractivity contribution in [1.82, 2.24) is 15.5 Å². The van der Waals surface area contributed by atoms with Crippen LogP contribution in [-0.4, -0.2) is 57.7 Å². The van der Waals surface area contributed by atoms with Gasteiger partial charge in [0, 0.05) is 37.4 Å². The summed E-state index contributed by atoms with van der Waals surface area (Å²) in [6, 6.07) is 17.2. The van der Waals surface area contributed by atoms with E-state index in [2.05, 4.69) is 78.7 Å². The monoisotopic (exact) mass is 437 g/mol. The molecule has 0 aliphatic carbocycles. The number of aliphatic imine (C=N–C) groups is 1. The number of benzene rings is 2. The highest BCUT2D eigenvalue weighted by Gasteiger charge is 2.14. The summed E-state index contributed by atoms with van der Waals surface area (Å²) in [5, 5.41) is 6.95. The Kier molecular flexibility index (Phi) is 9.23. The Labute approximate surface area is 193 Å². The van der Waals surface area contributed by atoms with E-state index >= 15 is 0 Å². The van der Waals surface area contributed by atoms with Crippen molar-refractivity contribution in [3.05, 3.63) is 59.7 Å². The number of guanidine groups is 1. The van der Waals surface area contributed by atoms with Crippen LogP contribution in [0.15, 0.2) is 53.5 Å². The van der Waals surface area contributed by atoms with Gasteiger partial charge in [0.25, 0.3) is 0 Å². The molecule has 0 aromatic heterocycles. The van der Waals surface area contributed by atoms with Crippen molar-refractivity contribution >= 4 is 11.6 Å². The number of likely N-dealkylation sites (N-methyl/N-ethyl adjacent to an activating group) is 1. The number of hydrogen-bond donors (Lipinski definition) is 2. The molecule has 1 aliphatic heterocycles. The van der Waals surface area contributed by atoms with Crippen LogP contribution in [0.25, 0.3) is 0 Å². The van der Waals surface area contributed by atoms with Crippen molar-refractivity contribution in [1.29, 1.82) is 0 Å². The normalized spacial score (nSPS) is 15.2. The number of para-hydroxylation sites is 1. The third-order valence-corrected chi connectivity index (χ3v) is 5.72. The third kappa shape index (κ3) is 7.16. The first-order chi connectivity index (χ1) is 15.6. The molecule has 1 heterocycles. The Morgan fingerprint density at radius 3 is 2.66 bits per heavy atom. The molecule has 6 heteroatoms. The van der Waals surface area contributed by atoms with Gasteiger partial charge in [-0.3, -0.25) is 0 Å². The van der Waals surface area contributed by atoms with Crippen molar-refractivity contribution in [2.24, 2.45) is 4.99 Å². The van der Waals surface area contributed by atoms with Crippen LogP contribution in [0, 0.1) is 0 Å². The molecule has 32 heavy (non-hydrogen) atoms. The molecule has 1 saturated heterocycles. The summed E-state index contributed by atoms with van der Waals surface area (Å²) in [7, 11) is 4.10. The highest BCUT2D eigenvalue weighted by atomic mass is 16.5. The molecule has 0 saturated carbocycles. The molecule has 0 bridgehead atoms. The van der Waals surface area contributed by atoms with E-state index < -0.39 is 0 Å². The smallest absolute Gasteiger partial charge is 0.192 e. The fourth-order valence-corrected chi connectivity index (χ4v) is 3.85. The van der Waals surface area contributed by atoms with Crippen molar-refractivity contribution in [2.75, 3.05) is 51.8 Å². The van der Waals surface area contributed by atoms with Gasteiger partial charge in [0.15, 0.2) is 5.96 Å². The van der Waals surface area contributed by atoms with Crippen molar-refractivity contribution < 1.29 is 4.74 Å². The zero-order chi connectivity index (χ0) is 22.8. The van der Waals surface area contributed by atoms with E-state index in [0.29, 0.717) is 13.2 Å². The Morgan fingerprint density at radius 2 is 1.91 bits per heavy atom. The van der Waals surface area contributed by atoms with Crippen molar-refractivity contribution in [2.45, 2.75) is 39.3 Å². The molecule has 174 valence electrons. The Balaban J connectivity index is 1.66. The van der Waals surface area contributed by atoms with Gasteiger partial charge >= 0.3 is 0 Å². The molecule has 1 unspecified atom stereocenters. The molecule has 0 spiro atoms. The molecule has 1 atom stereocenters. The van der Waals surface area contributed by atoms with Gasteiger partial charge in [0.1, 0.15) is 12.4 Å². The topological polar surface area (TPSA) is 52.1 Å². The second kappa shape index (κ2) is 12.3. The summed E-state index contributed by atoms with van der Waals surface area (Å²) in [6.07, 6.45) is 2.57. The minimum atomic E-state index is 0.155. The summed E-state index contributed by atoms with van der Waals surface area (Å²) < 4.78 is 6.00. The zero-order valence-corrected chi connectivity index (χ0v) is 20.1. The molecule has 1 aliphatic rings. The average molecular weight is 438 g/mol. The number of ether oxygens (including phenoxy) is 1. The SMILES string of the molecule is CCNC(=NCc1ccccc1OCCN(C)C)NC(C)c1cccc(N2CCCC2)c1. The fraction of sp³-hybridized carbons (Fsp3) is 0.500. The zero-order valence-electron chi connectivity index (χ0n) is 20.1. The highest BCUT2D eigenvalue weighted by molar-refractivity contribution is 5.80. The van der Waals surface area contributed by atoms with E-state index in [-0.39, 0.29) is 6.04 Å². The number of nitrogens with one attached hydrogen (secondary N) is 2. The second-order valence-corrected chi connectivity index (χ2v) is 8.61. The molecule has 6 nitrogen and oxygen atoms in total. The molecule has 2 aromatic carbocycles. The minimum Gasteiger partial charge on any atom is -0.492 e. The van der Waals surface area contributed by atoms with Crippen molar-refractivity contribution in [3.8, 4) is 5.75 Å². The van der Waals surface area contributed by atoms with Crippen LogP contribution in [0.1, 0.15) is 43.9 Å². The number of nitrogens with zero attached hydrogens (tertiary/aromatic N) is 3. The van der Waals surface area contributed by atoms with E-state index in [0.717, 1.165) is 43.5 Å². The molecule has 2 aromatic rings.